The molecule has 226 valence electrons. The van der Waals surface area contributed by atoms with Crippen molar-refractivity contribution in [3.05, 3.63) is 70.8 Å². The summed E-state index contributed by atoms with van der Waals surface area (Å²) >= 11 is 0. The second-order valence-electron chi connectivity index (χ2n) is 17.7. The summed E-state index contributed by atoms with van der Waals surface area (Å²) in [6.07, 6.45) is 13.3. The molecular weight excluding hydrogens is 530 g/mol. The topological polar surface area (TPSA) is 0 Å². The lowest BCUT2D eigenvalue weighted by molar-refractivity contribution is -0.0609. The summed E-state index contributed by atoms with van der Waals surface area (Å²) < 4.78 is 0. The molecule has 0 amide bonds. The number of hydrogen-bond acceptors (Lipinski definition) is 0. The lowest BCUT2D eigenvalue weighted by atomic mass is 9.48. The summed E-state index contributed by atoms with van der Waals surface area (Å²) in [5, 5.41) is 1.09. The number of hydrogen-bond donors (Lipinski definition) is 0. The van der Waals surface area contributed by atoms with Gasteiger partial charge in [0.15, 0.2) is 0 Å². The van der Waals surface area contributed by atoms with E-state index in [1.165, 1.54) is 29.9 Å². The van der Waals surface area contributed by atoms with Gasteiger partial charge in [-0.25, -0.2) is 0 Å². The van der Waals surface area contributed by atoms with Gasteiger partial charge in [-0.1, -0.05) is 126 Å². The van der Waals surface area contributed by atoms with E-state index in [2.05, 4.69) is 118 Å². The Morgan fingerprint density at radius 3 is 1.73 bits per heavy atom. The molecule has 0 aliphatic heterocycles. The molecule has 1 atom stereocenters. The summed E-state index contributed by atoms with van der Waals surface area (Å²) in [4.78, 5) is 0. The molecule has 1 unspecified atom stereocenters. The molecule has 0 heterocycles. The lowest BCUT2D eigenvalue weighted by Gasteiger charge is -2.58. The van der Waals surface area contributed by atoms with Crippen LogP contribution in [0.15, 0.2) is 48.5 Å². The maximum absolute atomic E-state index is 2.63. The normalized spacial score (nSPS) is 27.0. The van der Waals surface area contributed by atoms with Crippen LogP contribution in [0.3, 0.4) is 0 Å². The Balaban J connectivity index is 1.41. The number of rotatable bonds is 9. The van der Waals surface area contributed by atoms with Crippen LogP contribution in [0.25, 0.3) is 0 Å². The largest absolute Gasteiger partial charge is 0.112 e. The molecule has 0 nitrogen and oxygen atoms in total. The summed E-state index contributed by atoms with van der Waals surface area (Å²) in [6, 6.07) is 18.8. The molecule has 0 saturated heterocycles. The van der Waals surface area contributed by atoms with Crippen molar-refractivity contribution in [2.24, 2.45) is 23.2 Å². The zero-order valence-electron chi connectivity index (χ0n) is 28.2. The van der Waals surface area contributed by atoms with Crippen LogP contribution in [0.5, 0.6) is 0 Å². The van der Waals surface area contributed by atoms with Crippen LogP contribution in [0.2, 0.25) is 0 Å². The predicted octanol–water partition coefficient (Wildman–Crippen LogP) is 12.2. The van der Waals surface area contributed by atoms with Crippen molar-refractivity contribution in [3.8, 4) is 0 Å². The highest BCUT2D eigenvalue weighted by Crippen LogP contribution is 2.64. The summed E-state index contributed by atoms with van der Waals surface area (Å²) in [5.74, 6) is 3.17. The molecule has 0 radical (unpaired) electrons. The Morgan fingerprint density at radius 1 is 0.683 bits per heavy atom. The Labute approximate surface area is 257 Å². The zero-order chi connectivity index (χ0) is 29.8. The van der Waals surface area contributed by atoms with Gasteiger partial charge in [-0.3, -0.25) is 0 Å². The maximum atomic E-state index is 2.63. The third-order valence-corrected chi connectivity index (χ3v) is 16.7. The molecule has 4 aliphatic carbocycles. The van der Waals surface area contributed by atoms with E-state index in [1.807, 2.05) is 0 Å². The second-order valence-corrected chi connectivity index (χ2v) is 23.7. The lowest BCUT2D eigenvalue weighted by Crippen LogP contribution is -2.48. The van der Waals surface area contributed by atoms with Gasteiger partial charge in [-0.2, -0.15) is 0 Å². The van der Waals surface area contributed by atoms with Crippen molar-refractivity contribution >= 4 is 16.5 Å². The molecule has 4 fully saturated rings. The van der Waals surface area contributed by atoms with Crippen LogP contribution in [-0.4, -0.2) is 15.5 Å². The molecule has 0 aromatic heterocycles. The van der Waals surface area contributed by atoms with E-state index < -0.39 is 0 Å². The van der Waals surface area contributed by atoms with Crippen LogP contribution in [-0.2, 0) is 17.7 Å². The van der Waals surface area contributed by atoms with E-state index >= 15 is 0 Å². The Morgan fingerprint density at radius 2 is 1.22 bits per heavy atom. The van der Waals surface area contributed by atoms with Crippen molar-refractivity contribution < 1.29 is 0 Å². The first-order valence-electron chi connectivity index (χ1n) is 16.7. The van der Waals surface area contributed by atoms with Gasteiger partial charge >= 0.3 is 0 Å². The minimum atomic E-state index is -0.196. The van der Waals surface area contributed by atoms with E-state index in [0.717, 1.165) is 26.3 Å². The summed E-state index contributed by atoms with van der Waals surface area (Å²) in [5.41, 5.74) is 6.82. The third kappa shape index (κ3) is 7.17. The van der Waals surface area contributed by atoms with Crippen LogP contribution in [0.1, 0.15) is 136 Å². The highest BCUT2D eigenvalue weighted by atomic mass is 31.1. The Hall–Kier alpha value is -0.700. The Kier molecular flexibility index (Phi) is 8.77. The van der Waals surface area contributed by atoms with E-state index in [4.69, 9.17) is 0 Å². The third-order valence-electron chi connectivity index (χ3n) is 11.1. The van der Waals surface area contributed by atoms with E-state index in [1.54, 1.807) is 49.7 Å². The molecule has 41 heavy (non-hydrogen) atoms. The van der Waals surface area contributed by atoms with Crippen molar-refractivity contribution in [2.45, 2.75) is 147 Å². The van der Waals surface area contributed by atoms with Crippen molar-refractivity contribution in [3.63, 3.8) is 0 Å². The van der Waals surface area contributed by atoms with Crippen molar-refractivity contribution in [1.29, 1.82) is 0 Å². The number of benzene rings is 2. The standard InChI is InChI=1S/C39H60P2/c1-35(2,3)41(36(4,5)6)26-32-21-34(38(9,10)33-14-12-11-13-15-33)17-16-31(32)25-40-37(7,8)27-39-22-28-18-29(23-39)20-30(19-28)24-39/h11-17,21,28-30,40H,18-20,22-27H2,1-10H3. The first-order chi connectivity index (χ1) is 19.0. The van der Waals surface area contributed by atoms with Crippen LogP contribution in [0.4, 0.5) is 0 Å². The fraction of sp³-hybridized carbons (Fsp3) is 0.692. The molecule has 4 aliphatic rings. The molecule has 2 aromatic rings. The van der Waals surface area contributed by atoms with Gasteiger partial charge in [0.05, 0.1) is 0 Å². The molecule has 4 bridgehead atoms. The minimum Gasteiger partial charge on any atom is -0.112 e. The SMILES string of the molecule is CC(C)(CC12CC3CC(CC(C3)C1)C2)PCc1ccc(C(C)(C)c2ccccc2)cc1CP(C(C)(C)C)C(C)(C)C. The molecule has 6 rings (SSSR count). The molecule has 0 spiro atoms. The fourth-order valence-electron chi connectivity index (χ4n) is 9.85. The Bertz CT molecular complexity index is 1140. The van der Waals surface area contributed by atoms with E-state index in [-0.39, 0.29) is 13.3 Å². The minimum absolute atomic E-state index is 0.000818. The first kappa shape index (κ1) is 31.7. The zero-order valence-corrected chi connectivity index (χ0v) is 30.1. The molecule has 4 saturated carbocycles. The second kappa shape index (κ2) is 11.3. The maximum Gasteiger partial charge on any atom is 0.0146 e. The van der Waals surface area contributed by atoms with Gasteiger partial charge in [0.25, 0.3) is 0 Å². The van der Waals surface area contributed by atoms with Gasteiger partial charge in [-0.05, 0) is 118 Å². The van der Waals surface area contributed by atoms with Gasteiger partial charge in [0.1, 0.15) is 0 Å². The van der Waals surface area contributed by atoms with E-state index in [0.29, 0.717) is 20.9 Å². The smallest absolute Gasteiger partial charge is 0.0146 e. The van der Waals surface area contributed by atoms with Gasteiger partial charge in [0.2, 0.25) is 0 Å². The monoisotopic (exact) mass is 590 g/mol. The quantitative estimate of drug-likeness (QED) is 0.255. The fourth-order valence-corrected chi connectivity index (χ4v) is 15.0. The van der Waals surface area contributed by atoms with Gasteiger partial charge in [0, 0.05) is 5.41 Å². The van der Waals surface area contributed by atoms with Gasteiger partial charge < -0.3 is 0 Å². The average molecular weight is 591 g/mol. The van der Waals surface area contributed by atoms with E-state index in [9.17, 15) is 0 Å². The van der Waals surface area contributed by atoms with Crippen molar-refractivity contribution in [1.82, 2.24) is 0 Å². The highest BCUT2D eigenvalue weighted by molar-refractivity contribution is 7.60. The average Bonchev–Trinajstić information content (AvgIpc) is 2.84. The van der Waals surface area contributed by atoms with Gasteiger partial charge in [-0.15, -0.1) is 8.58 Å². The molecule has 0 N–H and O–H groups in total. The molecule has 2 aromatic carbocycles. The summed E-state index contributed by atoms with van der Waals surface area (Å²) in [7, 11) is 0.802. The predicted molar refractivity (Wildman–Crippen MR) is 186 cm³/mol. The van der Waals surface area contributed by atoms with Crippen molar-refractivity contribution in [2.75, 3.05) is 0 Å². The summed E-state index contributed by atoms with van der Waals surface area (Å²) in [6.45, 7) is 25.0. The van der Waals surface area contributed by atoms with Crippen LogP contribution in [0, 0.1) is 23.2 Å². The highest BCUT2D eigenvalue weighted by Gasteiger charge is 2.52. The molecule has 2 heteroatoms. The van der Waals surface area contributed by atoms with Crippen LogP contribution >= 0.6 is 16.5 Å². The molecular formula is C39H60P2. The van der Waals surface area contributed by atoms with Crippen LogP contribution < -0.4 is 0 Å². The first-order valence-corrected chi connectivity index (χ1v) is 19.4.